The van der Waals surface area contributed by atoms with Crippen molar-refractivity contribution in [1.82, 2.24) is 4.90 Å². The minimum absolute atomic E-state index is 0.641. The third-order valence-corrected chi connectivity index (χ3v) is 3.93. The highest BCUT2D eigenvalue weighted by Crippen LogP contribution is 2.21. The SMILES string of the molecule is CCC(CC)CN(CC)Cc1ccc(Cl)c(N)c1. The summed E-state index contributed by atoms with van der Waals surface area (Å²) in [5.74, 6) is 0.787. The molecule has 0 aromatic heterocycles. The minimum Gasteiger partial charge on any atom is -0.398 e. The molecule has 0 aliphatic heterocycles. The Morgan fingerprint density at radius 3 is 2.39 bits per heavy atom. The summed E-state index contributed by atoms with van der Waals surface area (Å²) in [4.78, 5) is 2.47. The van der Waals surface area contributed by atoms with Crippen LogP contribution < -0.4 is 5.73 Å². The Morgan fingerprint density at radius 2 is 1.89 bits per heavy atom. The lowest BCUT2D eigenvalue weighted by molar-refractivity contribution is 0.226. The van der Waals surface area contributed by atoms with Crippen LogP contribution in [-0.2, 0) is 6.54 Å². The Kier molecular flexibility index (Phi) is 6.51. The lowest BCUT2D eigenvalue weighted by Gasteiger charge is -2.25. The molecule has 18 heavy (non-hydrogen) atoms. The third kappa shape index (κ3) is 4.51. The van der Waals surface area contributed by atoms with E-state index < -0.39 is 0 Å². The van der Waals surface area contributed by atoms with Crippen molar-refractivity contribution < 1.29 is 0 Å². The van der Waals surface area contributed by atoms with Gasteiger partial charge in [0.2, 0.25) is 0 Å². The Balaban J connectivity index is 2.64. The zero-order valence-electron chi connectivity index (χ0n) is 11.7. The predicted octanol–water partition coefficient (Wildman–Crippen LogP) is 4.18. The van der Waals surface area contributed by atoms with E-state index in [9.17, 15) is 0 Å². The summed E-state index contributed by atoms with van der Waals surface area (Å²) >= 11 is 5.94. The van der Waals surface area contributed by atoms with Gasteiger partial charge >= 0.3 is 0 Å². The van der Waals surface area contributed by atoms with Crippen LogP contribution >= 0.6 is 11.6 Å². The van der Waals surface area contributed by atoms with Crippen LogP contribution in [-0.4, -0.2) is 18.0 Å². The molecule has 0 aliphatic carbocycles. The first-order valence-corrected chi connectivity index (χ1v) is 7.24. The Labute approximate surface area is 116 Å². The van der Waals surface area contributed by atoms with Gasteiger partial charge in [0.25, 0.3) is 0 Å². The van der Waals surface area contributed by atoms with Gasteiger partial charge in [-0.1, -0.05) is 51.3 Å². The number of nitrogens with two attached hydrogens (primary N) is 1. The molecule has 2 N–H and O–H groups in total. The molecule has 1 aromatic rings. The van der Waals surface area contributed by atoms with E-state index in [4.69, 9.17) is 17.3 Å². The van der Waals surface area contributed by atoms with Crippen LogP contribution in [0.15, 0.2) is 18.2 Å². The molecule has 2 nitrogen and oxygen atoms in total. The molecule has 0 saturated carbocycles. The van der Waals surface area contributed by atoms with Crippen molar-refractivity contribution in [3.8, 4) is 0 Å². The molecule has 0 radical (unpaired) electrons. The fraction of sp³-hybridized carbons (Fsp3) is 0.600. The number of rotatable bonds is 7. The largest absolute Gasteiger partial charge is 0.398 e. The van der Waals surface area contributed by atoms with E-state index in [1.54, 1.807) is 0 Å². The van der Waals surface area contributed by atoms with Gasteiger partial charge in [-0.3, -0.25) is 4.90 Å². The van der Waals surface area contributed by atoms with Crippen LogP contribution in [0.5, 0.6) is 0 Å². The first-order chi connectivity index (χ1) is 8.60. The molecule has 0 amide bonds. The normalized spacial score (nSPS) is 11.4. The van der Waals surface area contributed by atoms with Gasteiger partial charge in [-0.05, 0) is 30.2 Å². The quantitative estimate of drug-likeness (QED) is 0.752. The maximum absolute atomic E-state index is 5.94. The van der Waals surface area contributed by atoms with Crippen molar-refractivity contribution in [3.63, 3.8) is 0 Å². The molecule has 0 spiro atoms. The molecule has 102 valence electrons. The molecule has 0 saturated heterocycles. The van der Waals surface area contributed by atoms with Crippen molar-refractivity contribution >= 4 is 17.3 Å². The van der Waals surface area contributed by atoms with Crippen LogP contribution in [0.2, 0.25) is 5.02 Å². The number of anilines is 1. The average Bonchev–Trinajstić information content (AvgIpc) is 2.38. The predicted molar refractivity (Wildman–Crippen MR) is 80.9 cm³/mol. The van der Waals surface area contributed by atoms with E-state index in [1.165, 1.54) is 18.4 Å². The number of halogens is 1. The van der Waals surface area contributed by atoms with Crippen molar-refractivity contribution in [2.45, 2.75) is 40.2 Å². The molecule has 0 bridgehead atoms. The molecule has 0 heterocycles. The van der Waals surface area contributed by atoms with Gasteiger partial charge in [-0.15, -0.1) is 0 Å². The van der Waals surface area contributed by atoms with E-state index in [2.05, 4.69) is 31.7 Å². The summed E-state index contributed by atoms with van der Waals surface area (Å²) < 4.78 is 0. The second-order valence-corrected chi connectivity index (χ2v) is 5.27. The molecule has 0 aliphatic rings. The van der Waals surface area contributed by atoms with Gasteiger partial charge in [0.1, 0.15) is 0 Å². The van der Waals surface area contributed by atoms with Crippen LogP contribution in [0.4, 0.5) is 5.69 Å². The van der Waals surface area contributed by atoms with Crippen molar-refractivity contribution in [3.05, 3.63) is 28.8 Å². The zero-order valence-corrected chi connectivity index (χ0v) is 12.5. The highest BCUT2D eigenvalue weighted by Gasteiger charge is 2.10. The summed E-state index contributed by atoms with van der Waals surface area (Å²) in [6.45, 7) is 9.92. The van der Waals surface area contributed by atoms with Crippen LogP contribution in [0.25, 0.3) is 0 Å². The Hall–Kier alpha value is -0.730. The first-order valence-electron chi connectivity index (χ1n) is 6.86. The van der Waals surface area contributed by atoms with E-state index in [-0.39, 0.29) is 0 Å². The lowest BCUT2D eigenvalue weighted by atomic mass is 10.0. The smallest absolute Gasteiger partial charge is 0.0635 e. The fourth-order valence-corrected chi connectivity index (χ4v) is 2.28. The summed E-state index contributed by atoms with van der Waals surface area (Å²) in [5, 5.41) is 0.641. The van der Waals surface area contributed by atoms with Gasteiger partial charge in [-0.2, -0.15) is 0 Å². The summed E-state index contributed by atoms with van der Waals surface area (Å²) in [6.07, 6.45) is 2.49. The number of nitrogens with zero attached hydrogens (tertiary/aromatic N) is 1. The molecule has 0 unspecified atom stereocenters. The molecule has 0 atom stereocenters. The summed E-state index contributed by atoms with van der Waals surface area (Å²) in [5.41, 5.74) is 7.76. The maximum Gasteiger partial charge on any atom is 0.0635 e. The van der Waals surface area contributed by atoms with Gasteiger partial charge in [0.05, 0.1) is 10.7 Å². The first kappa shape index (κ1) is 15.3. The second-order valence-electron chi connectivity index (χ2n) is 4.87. The van der Waals surface area contributed by atoms with Gasteiger partial charge in [0, 0.05) is 13.1 Å². The van der Waals surface area contributed by atoms with Gasteiger partial charge in [-0.25, -0.2) is 0 Å². The van der Waals surface area contributed by atoms with Crippen LogP contribution in [0, 0.1) is 5.92 Å². The molecule has 1 aromatic carbocycles. The molecular formula is C15H25ClN2. The number of benzene rings is 1. The summed E-state index contributed by atoms with van der Waals surface area (Å²) in [7, 11) is 0. The van der Waals surface area contributed by atoms with Crippen molar-refractivity contribution in [2.24, 2.45) is 5.92 Å². The monoisotopic (exact) mass is 268 g/mol. The number of hydrogen-bond acceptors (Lipinski definition) is 2. The standard InChI is InChI=1S/C15H25ClN2/c1-4-12(5-2)10-18(6-3)11-13-7-8-14(16)15(17)9-13/h7-9,12H,4-6,10-11,17H2,1-3H3. The van der Waals surface area contributed by atoms with Gasteiger partial charge < -0.3 is 5.73 Å². The number of nitrogen functional groups attached to an aromatic ring is 1. The second kappa shape index (κ2) is 7.65. The van der Waals surface area contributed by atoms with Crippen molar-refractivity contribution in [2.75, 3.05) is 18.8 Å². The highest BCUT2D eigenvalue weighted by molar-refractivity contribution is 6.33. The van der Waals surface area contributed by atoms with Gasteiger partial charge in [0.15, 0.2) is 0 Å². The molecule has 1 rings (SSSR count). The fourth-order valence-electron chi connectivity index (χ4n) is 2.17. The third-order valence-electron chi connectivity index (χ3n) is 3.58. The zero-order chi connectivity index (χ0) is 13.5. The number of hydrogen-bond donors (Lipinski definition) is 1. The molecular weight excluding hydrogens is 244 g/mol. The maximum atomic E-state index is 5.94. The van der Waals surface area contributed by atoms with Crippen LogP contribution in [0.3, 0.4) is 0 Å². The topological polar surface area (TPSA) is 29.3 Å². The van der Waals surface area contributed by atoms with E-state index >= 15 is 0 Å². The Bertz CT molecular complexity index is 362. The van der Waals surface area contributed by atoms with E-state index in [0.29, 0.717) is 10.7 Å². The summed E-state index contributed by atoms with van der Waals surface area (Å²) in [6, 6.07) is 5.93. The highest BCUT2D eigenvalue weighted by atomic mass is 35.5. The van der Waals surface area contributed by atoms with Crippen molar-refractivity contribution in [1.29, 1.82) is 0 Å². The molecule has 3 heteroatoms. The van der Waals surface area contributed by atoms with E-state index in [0.717, 1.165) is 25.6 Å². The lowest BCUT2D eigenvalue weighted by Crippen LogP contribution is -2.28. The van der Waals surface area contributed by atoms with Crippen LogP contribution in [0.1, 0.15) is 39.2 Å². The average molecular weight is 269 g/mol. The Morgan fingerprint density at radius 1 is 1.22 bits per heavy atom. The molecule has 0 fully saturated rings. The van der Waals surface area contributed by atoms with E-state index in [1.807, 2.05) is 12.1 Å². The minimum atomic E-state index is 0.641.